The molecule has 2 aromatic rings. The van der Waals surface area contributed by atoms with Gasteiger partial charge in [-0.2, -0.15) is 5.10 Å². The molecule has 8 nitrogen and oxygen atoms in total. The zero-order chi connectivity index (χ0) is 17.5. The van der Waals surface area contributed by atoms with Crippen LogP contribution >= 0.6 is 0 Å². The van der Waals surface area contributed by atoms with Crippen LogP contribution in [0.15, 0.2) is 36.7 Å². The molecule has 128 valence electrons. The molecule has 1 aromatic heterocycles. The van der Waals surface area contributed by atoms with Crippen molar-refractivity contribution in [2.45, 2.75) is 26.0 Å². The van der Waals surface area contributed by atoms with Gasteiger partial charge in [-0.3, -0.25) is 14.3 Å². The second-order valence-electron chi connectivity index (χ2n) is 5.12. The molecule has 0 aliphatic heterocycles. The number of nitrogens with one attached hydrogen (secondary N) is 2. The first-order valence-electron chi connectivity index (χ1n) is 7.47. The first-order chi connectivity index (χ1) is 11.5. The maximum atomic E-state index is 12.0. The highest BCUT2D eigenvalue weighted by Gasteiger charge is 2.13. The lowest BCUT2D eigenvalue weighted by molar-refractivity contribution is -0.124. The average Bonchev–Trinajstić information content (AvgIpc) is 3.01. The van der Waals surface area contributed by atoms with Gasteiger partial charge in [0.25, 0.3) is 5.91 Å². The van der Waals surface area contributed by atoms with Crippen molar-refractivity contribution in [1.82, 2.24) is 9.78 Å². The Morgan fingerprint density at radius 1 is 1.25 bits per heavy atom. The molecular formula is C16H20N4O4. The van der Waals surface area contributed by atoms with Gasteiger partial charge >= 0.3 is 0 Å². The summed E-state index contributed by atoms with van der Waals surface area (Å²) in [5.41, 5.74) is 1.07. The Balaban J connectivity index is 1.89. The zero-order valence-corrected chi connectivity index (χ0v) is 13.5. The molecule has 0 bridgehead atoms. The van der Waals surface area contributed by atoms with Crippen molar-refractivity contribution in [3.05, 3.63) is 36.7 Å². The van der Waals surface area contributed by atoms with Crippen molar-refractivity contribution in [2.24, 2.45) is 0 Å². The van der Waals surface area contributed by atoms with Crippen LogP contribution in [0.2, 0.25) is 0 Å². The normalized spacial score (nSPS) is 11.6. The number of hydrogen-bond acceptors (Lipinski definition) is 5. The molecule has 0 fully saturated rings. The van der Waals surface area contributed by atoms with E-state index in [4.69, 9.17) is 4.74 Å². The third-order valence-electron chi connectivity index (χ3n) is 3.27. The van der Waals surface area contributed by atoms with Crippen LogP contribution < -0.4 is 15.4 Å². The second kappa shape index (κ2) is 8.11. The summed E-state index contributed by atoms with van der Waals surface area (Å²) in [5, 5.41) is 18.7. The van der Waals surface area contributed by atoms with E-state index in [1.807, 2.05) is 0 Å². The molecule has 0 aliphatic carbocycles. The standard InChI is InChI=1S/C16H20N4O4/c1-3-14(21)16(23)19-12-8-17-20(9-12)10-15(22)18-11-4-6-13(24-2)7-5-11/h4-9,14,21H,3,10H2,1-2H3,(H,18,22)(H,19,23)/t14-/m1/s1. The molecule has 0 spiro atoms. The molecular weight excluding hydrogens is 312 g/mol. The minimum absolute atomic E-state index is 0.00175. The quantitative estimate of drug-likeness (QED) is 0.707. The predicted molar refractivity (Wildman–Crippen MR) is 88.8 cm³/mol. The van der Waals surface area contributed by atoms with Crippen molar-refractivity contribution in [3.63, 3.8) is 0 Å². The molecule has 1 heterocycles. The number of carbonyl (C=O) groups is 2. The number of aromatic nitrogens is 2. The minimum atomic E-state index is -1.06. The highest BCUT2D eigenvalue weighted by Crippen LogP contribution is 2.15. The summed E-state index contributed by atoms with van der Waals surface area (Å²) in [7, 11) is 1.57. The Bertz CT molecular complexity index is 696. The molecule has 0 aliphatic rings. The van der Waals surface area contributed by atoms with Gasteiger partial charge in [0.15, 0.2) is 0 Å². The van der Waals surface area contributed by atoms with Crippen LogP contribution in [0.1, 0.15) is 13.3 Å². The monoisotopic (exact) mass is 332 g/mol. The van der Waals surface area contributed by atoms with E-state index in [0.29, 0.717) is 23.5 Å². The number of benzene rings is 1. The fourth-order valence-electron chi connectivity index (χ4n) is 1.95. The van der Waals surface area contributed by atoms with Gasteiger partial charge in [0.2, 0.25) is 5.91 Å². The second-order valence-corrected chi connectivity index (χ2v) is 5.12. The maximum Gasteiger partial charge on any atom is 0.253 e. The van der Waals surface area contributed by atoms with Gasteiger partial charge in [-0.15, -0.1) is 0 Å². The Morgan fingerprint density at radius 3 is 2.58 bits per heavy atom. The smallest absolute Gasteiger partial charge is 0.253 e. The molecule has 0 saturated carbocycles. The minimum Gasteiger partial charge on any atom is -0.497 e. The fourth-order valence-corrected chi connectivity index (χ4v) is 1.95. The lowest BCUT2D eigenvalue weighted by Gasteiger charge is -2.07. The average molecular weight is 332 g/mol. The first kappa shape index (κ1) is 17.5. The Morgan fingerprint density at radius 2 is 1.96 bits per heavy atom. The van der Waals surface area contributed by atoms with Gasteiger partial charge in [0.1, 0.15) is 18.4 Å². The van der Waals surface area contributed by atoms with Crippen LogP contribution in [0.5, 0.6) is 5.75 Å². The van der Waals surface area contributed by atoms with E-state index in [1.54, 1.807) is 38.3 Å². The van der Waals surface area contributed by atoms with E-state index in [2.05, 4.69) is 15.7 Å². The summed E-state index contributed by atoms with van der Waals surface area (Å²) in [4.78, 5) is 23.6. The lowest BCUT2D eigenvalue weighted by Crippen LogP contribution is -2.26. The highest BCUT2D eigenvalue weighted by molar-refractivity contribution is 5.94. The number of carbonyl (C=O) groups excluding carboxylic acids is 2. The topological polar surface area (TPSA) is 105 Å². The molecule has 1 aromatic carbocycles. The summed E-state index contributed by atoms with van der Waals surface area (Å²) in [6.07, 6.45) is 2.20. The van der Waals surface area contributed by atoms with E-state index < -0.39 is 12.0 Å². The molecule has 2 amide bonds. The van der Waals surface area contributed by atoms with E-state index >= 15 is 0 Å². The molecule has 8 heteroatoms. The summed E-state index contributed by atoms with van der Waals surface area (Å²) >= 11 is 0. The van der Waals surface area contributed by atoms with Gasteiger partial charge < -0.3 is 20.5 Å². The van der Waals surface area contributed by atoms with Crippen LogP contribution in [0.3, 0.4) is 0 Å². The van der Waals surface area contributed by atoms with Crippen molar-refractivity contribution in [1.29, 1.82) is 0 Å². The number of aliphatic hydroxyl groups is 1. The van der Waals surface area contributed by atoms with Crippen molar-refractivity contribution in [2.75, 3.05) is 17.7 Å². The molecule has 0 saturated heterocycles. The fraction of sp³-hybridized carbons (Fsp3) is 0.312. The molecule has 2 rings (SSSR count). The molecule has 1 atom stereocenters. The first-order valence-corrected chi connectivity index (χ1v) is 7.47. The Hall–Kier alpha value is -2.87. The number of amides is 2. The Kier molecular flexibility index (Phi) is 5.91. The lowest BCUT2D eigenvalue weighted by atomic mass is 10.2. The summed E-state index contributed by atoms with van der Waals surface area (Å²) in [5.74, 6) is -0.0517. The predicted octanol–water partition coefficient (Wildman–Crippen LogP) is 1.24. The molecule has 24 heavy (non-hydrogen) atoms. The van der Waals surface area contributed by atoms with Crippen LogP contribution in [0, 0.1) is 0 Å². The molecule has 3 N–H and O–H groups in total. The number of hydrogen-bond donors (Lipinski definition) is 3. The van der Waals surface area contributed by atoms with Crippen LogP contribution in [0.25, 0.3) is 0 Å². The van der Waals surface area contributed by atoms with Crippen LogP contribution in [-0.2, 0) is 16.1 Å². The van der Waals surface area contributed by atoms with Crippen molar-refractivity contribution < 1.29 is 19.4 Å². The SMILES string of the molecule is CC[C@@H](O)C(=O)Nc1cnn(CC(=O)Nc2ccc(OC)cc2)c1. The van der Waals surface area contributed by atoms with E-state index in [9.17, 15) is 14.7 Å². The summed E-state index contributed by atoms with van der Waals surface area (Å²) in [6, 6.07) is 6.96. The van der Waals surface area contributed by atoms with E-state index in [1.165, 1.54) is 17.1 Å². The van der Waals surface area contributed by atoms with Gasteiger partial charge in [0, 0.05) is 11.9 Å². The highest BCUT2D eigenvalue weighted by atomic mass is 16.5. The van der Waals surface area contributed by atoms with E-state index in [-0.39, 0.29) is 12.5 Å². The van der Waals surface area contributed by atoms with Crippen LogP contribution in [0.4, 0.5) is 11.4 Å². The number of rotatable bonds is 7. The molecule has 0 radical (unpaired) electrons. The number of anilines is 2. The number of nitrogens with zero attached hydrogens (tertiary/aromatic N) is 2. The van der Waals surface area contributed by atoms with Crippen molar-refractivity contribution in [3.8, 4) is 5.75 Å². The largest absolute Gasteiger partial charge is 0.497 e. The summed E-state index contributed by atoms with van der Waals surface area (Å²) in [6.45, 7) is 1.70. The van der Waals surface area contributed by atoms with Gasteiger partial charge in [-0.05, 0) is 30.7 Å². The number of aliphatic hydroxyl groups excluding tert-OH is 1. The van der Waals surface area contributed by atoms with Crippen molar-refractivity contribution >= 4 is 23.2 Å². The van der Waals surface area contributed by atoms with Gasteiger partial charge in [-0.25, -0.2) is 0 Å². The van der Waals surface area contributed by atoms with Gasteiger partial charge in [0.05, 0.1) is 19.0 Å². The van der Waals surface area contributed by atoms with Gasteiger partial charge in [-0.1, -0.05) is 6.92 Å². The maximum absolute atomic E-state index is 12.0. The third-order valence-corrected chi connectivity index (χ3v) is 3.27. The van der Waals surface area contributed by atoms with E-state index in [0.717, 1.165) is 0 Å². The molecule has 0 unspecified atom stereocenters. The summed E-state index contributed by atoms with van der Waals surface area (Å²) < 4.78 is 6.45. The Labute approximate surface area is 139 Å². The van der Waals surface area contributed by atoms with Crippen LogP contribution in [-0.4, -0.2) is 39.9 Å². The third kappa shape index (κ3) is 4.82. The number of methoxy groups -OCH3 is 1. The number of ether oxygens (including phenoxy) is 1. The zero-order valence-electron chi connectivity index (χ0n) is 13.5.